The average molecular weight is 1950 g/mol. The minimum atomic E-state index is -0.496. The molecule has 12 heteroatoms. The van der Waals surface area contributed by atoms with Gasteiger partial charge in [0.2, 0.25) is 0 Å². The summed E-state index contributed by atoms with van der Waals surface area (Å²) in [5, 5.41) is 0. The Morgan fingerprint density at radius 1 is 0.260 bits per heavy atom. The minimum absolute atomic E-state index is 0.00913. The number of unbranched alkanes of at least 4 members (excludes halogenated alkanes) is 24. The summed E-state index contributed by atoms with van der Waals surface area (Å²) in [4.78, 5) is 70.7. The van der Waals surface area contributed by atoms with E-state index in [9.17, 15) is 9.59 Å². The molecule has 0 spiro atoms. The molecule has 30 bridgehead atoms. The highest BCUT2D eigenvalue weighted by molar-refractivity contribution is 6.07. The Kier molecular flexibility index (Phi) is 37.2. The lowest BCUT2D eigenvalue weighted by Gasteiger charge is -2.12. The number of fused-ring (bicyclic) bond motifs is 1. The summed E-state index contributed by atoms with van der Waals surface area (Å²) < 4.78 is 12.7. The molecule has 15 heterocycles. The summed E-state index contributed by atoms with van der Waals surface area (Å²) in [6.07, 6.45) is 42.8. The quantitative estimate of drug-likeness (QED) is 0.0167. The van der Waals surface area contributed by atoms with E-state index < -0.39 is 11.9 Å². The summed E-state index contributed by atoms with van der Waals surface area (Å²) in [6, 6.07) is 51.2. The first kappa shape index (κ1) is 106. The molecule has 0 fully saturated rings. The van der Waals surface area contributed by atoms with Gasteiger partial charge in [0.05, 0.1) is 78.7 Å². The molecule has 9 aliphatic heterocycles. The highest BCUT2D eigenvalue weighted by Crippen LogP contribution is 2.50. The van der Waals surface area contributed by atoms with E-state index in [1.165, 1.54) is 102 Å². The number of nitrogens with one attached hydrogen (secondary N) is 4. The van der Waals surface area contributed by atoms with Crippen LogP contribution in [0.15, 0.2) is 146 Å². The molecule has 0 atom stereocenters. The number of H-pyrrole nitrogens is 4. The van der Waals surface area contributed by atoms with Crippen molar-refractivity contribution >= 4 is 101 Å². The van der Waals surface area contributed by atoms with Crippen LogP contribution in [0.3, 0.4) is 0 Å². The molecular weight excluding hydrogens is 1790 g/mol. The molecule has 6 aromatic heterocycles. The summed E-state index contributed by atoms with van der Waals surface area (Å²) in [5.74, 6) is 13.2. The molecule has 760 valence electrons. The predicted octanol–water partition coefficient (Wildman–Crippen LogP) is 37.4. The van der Waals surface area contributed by atoms with Gasteiger partial charge in [0, 0.05) is 55.4 Å². The van der Waals surface area contributed by atoms with E-state index in [2.05, 4.69) is 276 Å². The number of aromatic amines is 4. The maximum Gasteiger partial charge on any atom is 0.338 e. The number of hydrogen-bond acceptors (Lipinski definition) is 8. The van der Waals surface area contributed by atoms with Crippen LogP contribution in [0.2, 0.25) is 0 Å². The largest absolute Gasteiger partial charge is 0.457 e. The molecule has 0 unspecified atom stereocenters. The van der Waals surface area contributed by atoms with Gasteiger partial charge < -0.3 is 29.4 Å². The fraction of sp³-hybridized carbons (Fsp3) is 0.433. The predicted molar refractivity (Wildman–Crippen MR) is 618 cm³/mol. The second kappa shape index (κ2) is 51.1. The molecule has 9 aliphatic rings. The summed E-state index contributed by atoms with van der Waals surface area (Å²) in [7, 11) is 0. The second-order valence-corrected chi connectivity index (χ2v) is 42.2. The van der Waals surface area contributed by atoms with Gasteiger partial charge in [0.1, 0.15) is 13.2 Å². The second-order valence-electron chi connectivity index (χ2n) is 42.2. The van der Waals surface area contributed by atoms with Crippen LogP contribution < -0.4 is 0 Å². The van der Waals surface area contributed by atoms with E-state index in [-0.39, 0.29) is 13.2 Å². The SMILES string of the molecule is CCCCCCC1=C(C)c2nc1cc1[nH]c(c(C)c1CCCCCC)c1c3nc(cc4[nH]c(c(C)c4CCCCCC)c2-c2cccc(c2)COC(=O)c2ccc(cc2)C(=O)OCc2cccc(c2)-c2c4nc(cc5[nH]c(c(C)c5CCCCCC)c(c5nc(cc6[nH]c2c(C)c6CCCCCC)C(CCCCCC)=C5C)-c2cccc(c2)C#CC#Cc2cccc-1c2)C(CCCCCC)=C4C)C(CCCCCC)=C3C. The average Bonchev–Trinajstić information content (AvgIpc) is 1.58. The van der Waals surface area contributed by atoms with E-state index in [4.69, 9.17) is 29.4 Å². The lowest BCUT2D eigenvalue weighted by molar-refractivity contribution is 0.0458. The molecule has 5 aromatic carbocycles. The molecule has 20 rings (SSSR count). The Labute approximate surface area is 871 Å². The molecule has 0 saturated carbocycles. The number of nitrogens with zero attached hydrogens (tertiary/aromatic N) is 4. The number of benzene rings is 5. The van der Waals surface area contributed by atoms with Crippen molar-refractivity contribution in [2.45, 2.75) is 381 Å². The number of rotatable bonds is 40. The monoisotopic (exact) mass is 1950 g/mol. The smallest absolute Gasteiger partial charge is 0.338 e. The molecule has 0 amide bonds. The summed E-state index contributed by atoms with van der Waals surface area (Å²) in [6.45, 7) is 37.0. The maximum absolute atomic E-state index is 14.7. The van der Waals surface area contributed by atoms with E-state index in [0.717, 1.165) is 400 Å². The van der Waals surface area contributed by atoms with Crippen molar-refractivity contribution in [3.63, 3.8) is 0 Å². The van der Waals surface area contributed by atoms with Gasteiger partial charge in [0.25, 0.3) is 0 Å². The standard InChI is InChI=1S/C134H160N8O4/c1-17-25-33-41-65-105-87(9)125-121-101-61-51-57-95(77-101)55-49-50-56-96-58-52-62-102(78-96)122-127-89(11)107(67-43-35-27-19-3)115(137-127)83-119-111(71-47-39-31-23-7)93(15)131(141-119)124(132-94(16)112(72-48-40-32-24-8)120(142-132)84-116-108(68-44-36-28-20-4)90(12)128(122)138-116)104-64-54-60-98(80-104)86-146-134(144)100-75-73-99(74-76-100)133(143)145-85-97-59-53-63-103(79-97)123(129-91(13)109(69-45-37-29-21-5)117(139-129)81-113(105)135-125)130-92(14)110(70-46-38-30-22-6)118(140-130)82-114-106(66-42-34-26-18-2)88(10)126(121)136-114/h51-54,57-64,73-84,135,137,140,142H,17-48,65-72,85-86H2,1-16H3. The van der Waals surface area contributed by atoms with E-state index in [1.807, 2.05) is 0 Å². The number of carbonyl (C=O) groups excluding carboxylic acids is 2. The minimum Gasteiger partial charge on any atom is -0.457 e. The van der Waals surface area contributed by atoms with E-state index in [1.54, 1.807) is 24.3 Å². The normalized spacial score (nSPS) is 13.3. The number of esters is 2. The molecule has 0 saturated heterocycles. The van der Waals surface area contributed by atoms with Crippen molar-refractivity contribution in [1.82, 2.24) is 39.9 Å². The van der Waals surface area contributed by atoms with Crippen LogP contribution in [0.25, 0.3) is 133 Å². The zero-order chi connectivity index (χ0) is 102. The molecule has 12 nitrogen and oxygen atoms in total. The van der Waals surface area contributed by atoms with Crippen molar-refractivity contribution in [2.24, 2.45) is 0 Å². The molecule has 146 heavy (non-hydrogen) atoms. The Morgan fingerprint density at radius 2 is 0.493 bits per heavy atom. The van der Waals surface area contributed by atoms with Crippen LogP contribution in [-0.4, -0.2) is 51.8 Å². The van der Waals surface area contributed by atoms with Gasteiger partial charge in [-0.2, -0.15) is 0 Å². The third kappa shape index (κ3) is 24.4. The lowest BCUT2D eigenvalue weighted by Crippen LogP contribution is -2.08. The Bertz CT molecular complexity index is 6820. The van der Waals surface area contributed by atoms with Crippen molar-refractivity contribution in [3.05, 3.63) is 269 Å². The Morgan fingerprint density at radius 3 is 0.740 bits per heavy atom. The van der Waals surface area contributed by atoms with Crippen molar-refractivity contribution in [1.29, 1.82) is 0 Å². The Balaban J connectivity index is 0.971. The molecule has 0 aliphatic carbocycles. The van der Waals surface area contributed by atoms with Crippen LogP contribution in [0.1, 0.15) is 447 Å². The zero-order valence-electron chi connectivity index (χ0n) is 91.0. The van der Waals surface area contributed by atoms with Gasteiger partial charge in [-0.05, 0) is 377 Å². The maximum atomic E-state index is 14.7. The van der Waals surface area contributed by atoms with Gasteiger partial charge >= 0.3 is 11.9 Å². The topological polar surface area (TPSA) is 167 Å². The number of allylic oxidation sites excluding steroid dienone is 8. The third-order valence-corrected chi connectivity index (χ3v) is 31.7. The first-order valence-corrected chi connectivity index (χ1v) is 56.5. The number of hydrogen-bond donors (Lipinski definition) is 4. The van der Waals surface area contributed by atoms with Crippen molar-refractivity contribution in [3.8, 4) is 68.2 Å². The van der Waals surface area contributed by atoms with Crippen LogP contribution in [-0.2, 0) is 48.4 Å². The van der Waals surface area contributed by atoms with E-state index >= 15 is 0 Å². The van der Waals surface area contributed by atoms with Crippen molar-refractivity contribution < 1.29 is 19.1 Å². The number of aromatic nitrogens is 8. The number of carbonyl (C=O) groups is 2. The Hall–Kier alpha value is -12.6. The lowest BCUT2D eigenvalue weighted by atomic mass is 9.93. The van der Waals surface area contributed by atoms with Crippen LogP contribution >= 0.6 is 0 Å². The fourth-order valence-electron chi connectivity index (χ4n) is 23.1. The van der Waals surface area contributed by atoms with Crippen LogP contribution in [0.5, 0.6) is 0 Å². The van der Waals surface area contributed by atoms with Gasteiger partial charge in [0.15, 0.2) is 0 Å². The van der Waals surface area contributed by atoms with Gasteiger partial charge in [-0.15, -0.1) is 0 Å². The number of aryl methyl sites for hydroxylation is 8. The molecular formula is C134H160N8O4. The summed E-state index contributed by atoms with van der Waals surface area (Å²) >= 11 is 0. The van der Waals surface area contributed by atoms with Gasteiger partial charge in [-0.25, -0.2) is 29.5 Å². The first-order valence-electron chi connectivity index (χ1n) is 56.5. The van der Waals surface area contributed by atoms with E-state index in [0.29, 0.717) is 11.1 Å². The first-order chi connectivity index (χ1) is 71.3. The zero-order valence-corrected chi connectivity index (χ0v) is 91.0. The highest BCUT2D eigenvalue weighted by Gasteiger charge is 2.32. The van der Waals surface area contributed by atoms with Gasteiger partial charge in [-0.1, -0.05) is 282 Å². The fourth-order valence-corrected chi connectivity index (χ4v) is 23.1. The highest BCUT2D eigenvalue weighted by atomic mass is 16.5. The summed E-state index contributed by atoms with van der Waals surface area (Å²) in [5.41, 5.74) is 48.3. The number of ether oxygens (including phenoxy) is 2. The molecule has 4 N–H and O–H groups in total. The van der Waals surface area contributed by atoms with Crippen LogP contribution in [0, 0.1) is 51.4 Å². The van der Waals surface area contributed by atoms with Crippen LogP contribution in [0.4, 0.5) is 0 Å². The van der Waals surface area contributed by atoms with Gasteiger partial charge in [-0.3, -0.25) is 0 Å². The molecule has 11 aromatic rings. The molecule has 0 radical (unpaired) electrons. The van der Waals surface area contributed by atoms with Crippen molar-refractivity contribution in [2.75, 3.05) is 0 Å². The third-order valence-electron chi connectivity index (χ3n) is 31.7.